The van der Waals surface area contributed by atoms with Crippen molar-refractivity contribution >= 4 is 34.3 Å². The van der Waals surface area contributed by atoms with Gasteiger partial charge in [-0.2, -0.15) is 0 Å². The van der Waals surface area contributed by atoms with E-state index >= 15 is 0 Å². The van der Waals surface area contributed by atoms with Crippen LogP contribution in [0.4, 0.5) is 0 Å². The molecule has 0 bridgehead atoms. The standard InChI is InChI=1S/C6H11NO2S2/c1-11-6(10)7-4-2-3-5(8)9/h2-4H2,1H3,(H,7,10)(H,8,9). The molecule has 0 aliphatic carbocycles. The molecule has 0 rings (SSSR count). The van der Waals surface area contributed by atoms with Crippen LogP contribution in [0.5, 0.6) is 0 Å². The van der Waals surface area contributed by atoms with Crippen LogP contribution in [0.2, 0.25) is 0 Å². The van der Waals surface area contributed by atoms with Gasteiger partial charge in [-0.1, -0.05) is 12.2 Å². The third-order valence-electron chi connectivity index (χ3n) is 1.02. The van der Waals surface area contributed by atoms with Crippen molar-refractivity contribution in [3.8, 4) is 0 Å². The SMILES string of the molecule is CSC(=S)NCCCC(=O)O. The minimum Gasteiger partial charge on any atom is -0.481 e. The normalized spacial score (nSPS) is 9.18. The van der Waals surface area contributed by atoms with Crippen molar-refractivity contribution in [2.24, 2.45) is 0 Å². The van der Waals surface area contributed by atoms with Crippen molar-refractivity contribution < 1.29 is 9.90 Å². The predicted molar refractivity (Wildman–Crippen MR) is 51.0 cm³/mol. The Hall–Kier alpha value is -0.290. The summed E-state index contributed by atoms with van der Waals surface area (Å²) in [4.78, 5) is 10.0. The molecule has 0 aliphatic rings. The summed E-state index contributed by atoms with van der Waals surface area (Å²) < 4.78 is 0.718. The fourth-order valence-corrected chi connectivity index (χ4v) is 0.851. The van der Waals surface area contributed by atoms with E-state index in [9.17, 15) is 4.79 Å². The number of carboxylic acid groups (broad SMARTS) is 1. The number of nitrogens with one attached hydrogen (secondary N) is 1. The molecule has 0 aromatic carbocycles. The first-order valence-electron chi connectivity index (χ1n) is 3.20. The number of rotatable bonds is 4. The van der Waals surface area contributed by atoms with Gasteiger partial charge in [0.1, 0.15) is 4.32 Å². The Morgan fingerprint density at radius 3 is 2.82 bits per heavy atom. The van der Waals surface area contributed by atoms with E-state index in [-0.39, 0.29) is 6.42 Å². The highest BCUT2D eigenvalue weighted by molar-refractivity contribution is 8.22. The zero-order valence-electron chi connectivity index (χ0n) is 6.29. The Balaban J connectivity index is 3.14. The van der Waals surface area contributed by atoms with Gasteiger partial charge >= 0.3 is 5.97 Å². The van der Waals surface area contributed by atoms with Gasteiger partial charge < -0.3 is 10.4 Å². The second-order valence-electron chi connectivity index (χ2n) is 1.92. The maximum Gasteiger partial charge on any atom is 0.303 e. The lowest BCUT2D eigenvalue weighted by atomic mass is 10.3. The van der Waals surface area contributed by atoms with E-state index in [1.165, 1.54) is 11.8 Å². The Morgan fingerprint density at radius 2 is 2.36 bits per heavy atom. The van der Waals surface area contributed by atoms with E-state index in [4.69, 9.17) is 17.3 Å². The van der Waals surface area contributed by atoms with E-state index in [1.807, 2.05) is 6.26 Å². The first kappa shape index (κ1) is 10.7. The molecule has 11 heavy (non-hydrogen) atoms. The maximum absolute atomic E-state index is 10.0. The van der Waals surface area contributed by atoms with Crippen LogP contribution >= 0.6 is 24.0 Å². The van der Waals surface area contributed by atoms with Crippen LogP contribution in [0.15, 0.2) is 0 Å². The van der Waals surface area contributed by atoms with E-state index in [0.29, 0.717) is 13.0 Å². The topological polar surface area (TPSA) is 49.3 Å². The first-order valence-corrected chi connectivity index (χ1v) is 4.83. The van der Waals surface area contributed by atoms with Crippen LogP contribution < -0.4 is 5.32 Å². The summed E-state index contributed by atoms with van der Waals surface area (Å²) >= 11 is 6.30. The van der Waals surface area contributed by atoms with Gasteiger partial charge in [-0.3, -0.25) is 4.79 Å². The molecule has 0 aromatic rings. The molecule has 2 N–H and O–H groups in total. The van der Waals surface area contributed by atoms with Crippen LogP contribution in [0, 0.1) is 0 Å². The number of hydrogen-bond acceptors (Lipinski definition) is 3. The first-order chi connectivity index (χ1) is 5.16. The Bertz CT molecular complexity index is 150. The molecule has 0 unspecified atom stereocenters. The second-order valence-corrected chi connectivity index (χ2v) is 3.40. The van der Waals surface area contributed by atoms with Crippen LogP contribution in [-0.2, 0) is 4.79 Å². The molecule has 0 aromatic heterocycles. The molecule has 0 amide bonds. The summed E-state index contributed by atoms with van der Waals surface area (Å²) in [6.07, 6.45) is 2.70. The Morgan fingerprint density at radius 1 is 1.73 bits per heavy atom. The van der Waals surface area contributed by atoms with Crippen molar-refractivity contribution in [3.05, 3.63) is 0 Å². The quantitative estimate of drug-likeness (QED) is 0.517. The average Bonchev–Trinajstić information content (AvgIpc) is 1.97. The molecule has 0 spiro atoms. The number of hydrogen-bond donors (Lipinski definition) is 2. The number of thioether (sulfide) groups is 1. The summed E-state index contributed by atoms with van der Waals surface area (Å²) in [6.45, 7) is 0.645. The highest BCUT2D eigenvalue weighted by Gasteiger charge is 1.96. The molecule has 64 valence electrons. The fraction of sp³-hybridized carbons (Fsp3) is 0.667. The number of aliphatic carboxylic acids is 1. The minimum atomic E-state index is -0.762. The van der Waals surface area contributed by atoms with Gasteiger partial charge in [-0.25, -0.2) is 0 Å². The van der Waals surface area contributed by atoms with E-state index in [0.717, 1.165) is 4.32 Å². The predicted octanol–water partition coefficient (Wildman–Crippen LogP) is 1.09. The van der Waals surface area contributed by atoms with Gasteiger partial charge in [0.05, 0.1) is 0 Å². The zero-order valence-corrected chi connectivity index (χ0v) is 7.93. The van der Waals surface area contributed by atoms with Gasteiger partial charge in [-0.15, -0.1) is 11.8 Å². The fourth-order valence-electron chi connectivity index (χ4n) is 0.502. The lowest BCUT2D eigenvalue weighted by molar-refractivity contribution is -0.137. The lowest BCUT2D eigenvalue weighted by Gasteiger charge is -2.02. The largest absolute Gasteiger partial charge is 0.481 e. The third kappa shape index (κ3) is 7.61. The minimum absolute atomic E-state index is 0.198. The summed E-state index contributed by atoms with van der Waals surface area (Å²) in [5.41, 5.74) is 0. The molecule has 0 aliphatic heterocycles. The highest BCUT2D eigenvalue weighted by atomic mass is 32.2. The summed E-state index contributed by atoms with van der Waals surface area (Å²) in [6, 6.07) is 0. The second kappa shape index (κ2) is 6.42. The van der Waals surface area contributed by atoms with Crippen molar-refractivity contribution in [1.29, 1.82) is 0 Å². The van der Waals surface area contributed by atoms with Crippen LogP contribution in [0.25, 0.3) is 0 Å². The van der Waals surface area contributed by atoms with Gasteiger partial charge in [-0.05, 0) is 12.7 Å². The number of carboxylic acids is 1. The van der Waals surface area contributed by atoms with Gasteiger partial charge in [0.2, 0.25) is 0 Å². The molecule has 3 nitrogen and oxygen atoms in total. The van der Waals surface area contributed by atoms with E-state index in [1.54, 1.807) is 0 Å². The van der Waals surface area contributed by atoms with Crippen LogP contribution in [-0.4, -0.2) is 28.2 Å². The molecular formula is C6H11NO2S2. The number of thiocarbonyl (C=S) groups is 1. The Labute approximate surface area is 75.6 Å². The summed E-state index contributed by atoms with van der Waals surface area (Å²) in [5.74, 6) is -0.762. The third-order valence-corrected chi connectivity index (χ3v) is 2.18. The molecule has 0 radical (unpaired) electrons. The summed E-state index contributed by atoms with van der Waals surface area (Å²) in [5, 5.41) is 11.2. The average molecular weight is 193 g/mol. The van der Waals surface area contributed by atoms with E-state index < -0.39 is 5.97 Å². The van der Waals surface area contributed by atoms with Crippen molar-refractivity contribution in [2.45, 2.75) is 12.8 Å². The van der Waals surface area contributed by atoms with E-state index in [2.05, 4.69) is 5.32 Å². The molecule has 0 heterocycles. The lowest BCUT2D eigenvalue weighted by Crippen LogP contribution is -2.19. The molecule has 0 saturated heterocycles. The maximum atomic E-state index is 10.0. The highest BCUT2D eigenvalue weighted by Crippen LogP contribution is 1.94. The van der Waals surface area contributed by atoms with Crippen molar-refractivity contribution in [3.63, 3.8) is 0 Å². The Kier molecular flexibility index (Phi) is 6.25. The molecule has 0 fully saturated rings. The van der Waals surface area contributed by atoms with Gasteiger partial charge in [0, 0.05) is 13.0 Å². The van der Waals surface area contributed by atoms with Crippen LogP contribution in [0.3, 0.4) is 0 Å². The smallest absolute Gasteiger partial charge is 0.303 e. The molecule has 0 atom stereocenters. The number of carbonyl (C=O) groups is 1. The van der Waals surface area contributed by atoms with Gasteiger partial charge in [0.15, 0.2) is 0 Å². The van der Waals surface area contributed by atoms with Crippen molar-refractivity contribution in [1.82, 2.24) is 5.32 Å². The molecule has 0 saturated carbocycles. The van der Waals surface area contributed by atoms with Gasteiger partial charge in [0.25, 0.3) is 0 Å². The monoisotopic (exact) mass is 193 g/mol. The molecular weight excluding hydrogens is 182 g/mol. The van der Waals surface area contributed by atoms with Crippen LogP contribution in [0.1, 0.15) is 12.8 Å². The van der Waals surface area contributed by atoms with Crippen molar-refractivity contribution in [2.75, 3.05) is 12.8 Å². The summed E-state index contributed by atoms with van der Waals surface area (Å²) in [7, 11) is 0. The molecule has 5 heteroatoms. The zero-order chi connectivity index (χ0) is 8.69.